The molecule has 0 bridgehead atoms. The van der Waals surface area contributed by atoms with Crippen LogP contribution in [0.1, 0.15) is 31.9 Å². The number of hydrogen-bond acceptors (Lipinski definition) is 2. The Morgan fingerprint density at radius 2 is 1.79 bits per heavy atom. The van der Waals surface area contributed by atoms with E-state index in [9.17, 15) is 5.11 Å². The highest BCUT2D eigenvalue weighted by atomic mass is 16.5. The molecule has 1 fully saturated rings. The monoisotopic (exact) mass is 256 g/mol. The van der Waals surface area contributed by atoms with Gasteiger partial charge in [-0.3, -0.25) is 0 Å². The molecule has 1 aliphatic carbocycles. The van der Waals surface area contributed by atoms with Gasteiger partial charge in [0.05, 0.1) is 13.2 Å². The van der Waals surface area contributed by atoms with Crippen molar-refractivity contribution in [3.63, 3.8) is 0 Å². The molecule has 0 aromatic heterocycles. The third kappa shape index (κ3) is 2.21. The normalized spacial score (nSPS) is 22.2. The lowest BCUT2D eigenvalue weighted by Crippen LogP contribution is -2.04. The zero-order valence-electron chi connectivity index (χ0n) is 11.7. The second-order valence-electron chi connectivity index (χ2n) is 6.22. The number of benzene rings is 2. The first kappa shape index (κ1) is 12.5. The fourth-order valence-electron chi connectivity index (χ4n) is 2.83. The average molecular weight is 256 g/mol. The summed E-state index contributed by atoms with van der Waals surface area (Å²) in [5.74, 6) is 1.26. The molecular weight excluding hydrogens is 236 g/mol. The van der Waals surface area contributed by atoms with Crippen LogP contribution in [0, 0.1) is 11.3 Å². The highest BCUT2D eigenvalue weighted by Crippen LogP contribution is 2.57. The topological polar surface area (TPSA) is 29.5 Å². The first-order chi connectivity index (χ1) is 9.01. The van der Waals surface area contributed by atoms with Crippen LogP contribution in [-0.2, 0) is 0 Å². The Balaban J connectivity index is 1.94. The zero-order valence-corrected chi connectivity index (χ0v) is 11.7. The minimum atomic E-state index is -0.346. The maximum absolute atomic E-state index is 10.4. The second-order valence-corrected chi connectivity index (χ2v) is 6.22. The fourth-order valence-corrected chi connectivity index (χ4v) is 2.83. The van der Waals surface area contributed by atoms with Crippen LogP contribution in [0.25, 0.3) is 10.8 Å². The lowest BCUT2D eigenvalue weighted by Gasteiger charge is -2.14. The zero-order chi connectivity index (χ0) is 13.6. The molecule has 2 aromatic rings. The Labute approximate surface area is 114 Å². The number of aliphatic hydroxyl groups is 1. The Morgan fingerprint density at radius 1 is 1.16 bits per heavy atom. The number of hydrogen-bond donors (Lipinski definition) is 1. The number of methoxy groups -OCH3 is 1. The van der Waals surface area contributed by atoms with E-state index in [1.54, 1.807) is 7.11 Å². The number of fused-ring (bicyclic) bond motifs is 1. The molecule has 1 N–H and O–H groups in total. The summed E-state index contributed by atoms with van der Waals surface area (Å²) in [6.07, 6.45) is 0.760. The van der Waals surface area contributed by atoms with Gasteiger partial charge in [-0.2, -0.15) is 0 Å². The van der Waals surface area contributed by atoms with Crippen molar-refractivity contribution in [3.05, 3.63) is 42.0 Å². The van der Waals surface area contributed by atoms with Gasteiger partial charge in [-0.15, -0.1) is 0 Å². The maximum atomic E-state index is 10.4. The first-order valence-electron chi connectivity index (χ1n) is 6.77. The Morgan fingerprint density at radius 3 is 2.42 bits per heavy atom. The summed E-state index contributed by atoms with van der Waals surface area (Å²) in [6.45, 7) is 4.43. The van der Waals surface area contributed by atoms with E-state index in [1.807, 2.05) is 24.3 Å². The molecule has 0 spiro atoms. The van der Waals surface area contributed by atoms with Gasteiger partial charge < -0.3 is 9.84 Å². The molecule has 2 heteroatoms. The van der Waals surface area contributed by atoms with E-state index >= 15 is 0 Å². The standard InChI is InChI=1S/C17H20O2/c1-17(2)10-15(17)16(18)13-5-4-12-9-14(19-3)7-6-11(12)8-13/h4-9,15-16,18H,10H2,1-3H3. The molecule has 3 rings (SSSR count). The van der Waals surface area contributed by atoms with Crippen LogP contribution < -0.4 is 4.74 Å². The van der Waals surface area contributed by atoms with Crippen LogP contribution in [0.4, 0.5) is 0 Å². The molecule has 0 amide bonds. The van der Waals surface area contributed by atoms with E-state index in [4.69, 9.17) is 4.74 Å². The molecule has 1 aliphatic rings. The van der Waals surface area contributed by atoms with E-state index in [-0.39, 0.29) is 11.5 Å². The number of ether oxygens (including phenoxy) is 1. The van der Waals surface area contributed by atoms with Gasteiger partial charge in [0.15, 0.2) is 0 Å². The summed E-state index contributed by atoms with van der Waals surface area (Å²) in [7, 11) is 1.68. The van der Waals surface area contributed by atoms with Crippen LogP contribution in [0.2, 0.25) is 0 Å². The van der Waals surface area contributed by atoms with Crippen LogP contribution >= 0.6 is 0 Å². The van der Waals surface area contributed by atoms with Gasteiger partial charge in [-0.1, -0.05) is 32.0 Å². The van der Waals surface area contributed by atoms with Gasteiger partial charge in [0, 0.05) is 0 Å². The molecule has 19 heavy (non-hydrogen) atoms. The molecule has 2 nitrogen and oxygen atoms in total. The predicted molar refractivity (Wildman–Crippen MR) is 77.3 cm³/mol. The Hall–Kier alpha value is -1.54. The molecule has 1 saturated carbocycles. The highest BCUT2D eigenvalue weighted by molar-refractivity contribution is 5.84. The molecule has 2 unspecified atom stereocenters. The fraction of sp³-hybridized carbons (Fsp3) is 0.412. The van der Waals surface area contributed by atoms with Gasteiger partial charge in [0.25, 0.3) is 0 Å². The average Bonchev–Trinajstić information content (AvgIpc) is 3.05. The van der Waals surface area contributed by atoms with Crippen LogP contribution in [0.5, 0.6) is 5.75 Å². The van der Waals surface area contributed by atoms with E-state index < -0.39 is 0 Å². The summed E-state index contributed by atoms with van der Waals surface area (Å²) < 4.78 is 5.23. The predicted octanol–water partition coefficient (Wildman–Crippen LogP) is 3.93. The van der Waals surface area contributed by atoms with Crippen molar-refractivity contribution in [3.8, 4) is 5.75 Å². The van der Waals surface area contributed by atoms with E-state index in [1.165, 1.54) is 0 Å². The van der Waals surface area contributed by atoms with Crippen molar-refractivity contribution in [2.24, 2.45) is 11.3 Å². The minimum absolute atomic E-state index is 0.286. The maximum Gasteiger partial charge on any atom is 0.119 e. The Kier molecular flexibility index (Phi) is 2.79. The van der Waals surface area contributed by atoms with Crippen LogP contribution in [0.15, 0.2) is 36.4 Å². The lowest BCUT2D eigenvalue weighted by atomic mass is 9.97. The first-order valence-corrected chi connectivity index (χ1v) is 6.77. The van der Waals surface area contributed by atoms with Crippen molar-refractivity contribution in [1.29, 1.82) is 0 Å². The summed E-state index contributed by atoms with van der Waals surface area (Å²) >= 11 is 0. The van der Waals surface area contributed by atoms with Crippen molar-refractivity contribution in [2.45, 2.75) is 26.4 Å². The summed E-state index contributed by atoms with van der Waals surface area (Å²) in [4.78, 5) is 0. The number of aliphatic hydroxyl groups excluding tert-OH is 1. The summed E-state index contributed by atoms with van der Waals surface area (Å²) in [6, 6.07) is 12.2. The smallest absolute Gasteiger partial charge is 0.119 e. The van der Waals surface area contributed by atoms with E-state index in [0.717, 1.165) is 28.5 Å². The highest BCUT2D eigenvalue weighted by Gasteiger charge is 2.50. The van der Waals surface area contributed by atoms with Crippen molar-refractivity contribution < 1.29 is 9.84 Å². The van der Waals surface area contributed by atoms with Crippen LogP contribution in [-0.4, -0.2) is 12.2 Å². The van der Waals surface area contributed by atoms with E-state index in [0.29, 0.717) is 5.92 Å². The molecular formula is C17H20O2. The van der Waals surface area contributed by atoms with Crippen LogP contribution in [0.3, 0.4) is 0 Å². The van der Waals surface area contributed by atoms with Gasteiger partial charge in [-0.25, -0.2) is 0 Å². The van der Waals surface area contributed by atoms with Crippen molar-refractivity contribution in [1.82, 2.24) is 0 Å². The van der Waals surface area contributed by atoms with Crippen molar-refractivity contribution in [2.75, 3.05) is 7.11 Å². The molecule has 0 aliphatic heterocycles. The quantitative estimate of drug-likeness (QED) is 0.901. The van der Waals surface area contributed by atoms with Gasteiger partial charge >= 0.3 is 0 Å². The molecule has 2 atom stereocenters. The molecule has 0 radical (unpaired) electrons. The second kappa shape index (κ2) is 4.24. The van der Waals surface area contributed by atoms with Gasteiger partial charge in [0.1, 0.15) is 5.75 Å². The van der Waals surface area contributed by atoms with Gasteiger partial charge in [-0.05, 0) is 52.3 Å². The van der Waals surface area contributed by atoms with Crippen molar-refractivity contribution >= 4 is 10.8 Å². The minimum Gasteiger partial charge on any atom is -0.497 e. The number of rotatable bonds is 3. The van der Waals surface area contributed by atoms with Gasteiger partial charge in [0.2, 0.25) is 0 Å². The van der Waals surface area contributed by atoms with E-state index in [2.05, 4.69) is 26.0 Å². The lowest BCUT2D eigenvalue weighted by molar-refractivity contribution is 0.138. The largest absolute Gasteiger partial charge is 0.497 e. The molecule has 0 heterocycles. The molecule has 2 aromatic carbocycles. The Bertz CT molecular complexity index is 616. The summed E-state index contributed by atoms with van der Waals surface area (Å²) in [5.41, 5.74) is 1.31. The third-order valence-electron chi connectivity index (χ3n) is 4.38. The molecule has 0 saturated heterocycles. The summed E-state index contributed by atoms with van der Waals surface area (Å²) in [5, 5.41) is 12.7. The SMILES string of the molecule is COc1ccc2cc(C(O)C3CC3(C)C)ccc2c1. The molecule has 100 valence electrons. The third-order valence-corrected chi connectivity index (χ3v) is 4.38.